The molecule has 0 fully saturated rings. The molecule has 0 aliphatic heterocycles. The summed E-state index contributed by atoms with van der Waals surface area (Å²) in [5, 5.41) is 0. The van der Waals surface area contributed by atoms with Gasteiger partial charge in [-0.05, 0) is 24.1 Å². The van der Waals surface area contributed by atoms with Crippen LogP contribution in [0.1, 0.15) is 33.3 Å². The molecule has 0 atom stereocenters. The van der Waals surface area contributed by atoms with Crippen molar-refractivity contribution in [2.75, 3.05) is 7.11 Å². The zero-order valence-corrected chi connectivity index (χ0v) is 13.0. The van der Waals surface area contributed by atoms with Crippen LogP contribution in [0.25, 0.3) is 11.1 Å². The van der Waals surface area contributed by atoms with Gasteiger partial charge in [-0.15, -0.1) is 0 Å². The van der Waals surface area contributed by atoms with Gasteiger partial charge in [-0.1, -0.05) is 70.2 Å². The minimum absolute atomic E-state index is 0.923. The van der Waals surface area contributed by atoms with Gasteiger partial charge in [-0.3, -0.25) is 0 Å². The molecule has 0 aliphatic carbocycles. The molecule has 1 heteroatoms. The second-order valence-electron chi connectivity index (χ2n) is 3.52. The van der Waals surface area contributed by atoms with Gasteiger partial charge >= 0.3 is 0 Å². The van der Waals surface area contributed by atoms with Crippen molar-refractivity contribution in [2.45, 2.75) is 34.6 Å². The Labute approximate surface area is 118 Å². The van der Waals surface area contributed by atoms with Gasteiger partial charge < -0.3 is 4.74 Å². The van der Waals surface area contributed by atoms with Crippen LogP contribution in [0.3, 0.4) is 0 Å². The van der Waals surface area contributed by atoms with E-state index in [-0.39, 0.29) is 0 Å². The quantitative estimate of drug-likeness (QED) is 0.669. The monoisotopic (exact) mass is 258 g/mol. The fourth-order valence-electron chi connectivity index (χ4n) is 1.74. The van der Waals surface area contributed by atoms with E-state index < -0.39 is 0 Å². The van der Waals surface area contributed by atoms with Crippen molar-refractivity contribution in [1.29, 1.82) is 0 Å². The molecule has 0 saturated carbocycles. The van der Waals surface area contributed by atoms with E-state index in [4.69, 9.17) is 4.74 Å². The average Bonchev–Trinajstić information content (AvgIpc) is 2.52. The Morgan fingerprint density at radius 3 is 1.68 bits per heavy atom. The fourth-order valence-corrected chi connectivity index (χ4v) is 1.74. The summed E-state index contributed by atoms with van der Waals surface area (Å²) < 4.78 is 5.35. The summed E-state index contributed by atoms with van der Waals surface area (Å²) in [5.74, 6) is 0.923. The Bertz CT molecular complexity index is 461. The van der Waals surface area contributed by atoms with Crippen molar-refractivity contribution in [2.24, 2.45) is 0 Å². The zero-order valence-electron chi connectivity index (χ0n) is 13.0. The highest BCUT2D eigenvalue weighted by Gasteiger charge is 2.05. The zero-order chi connectivity index (χ0) is 14.7. The van der Waals surface area contributed by atoms with Crippen molar-refractivity contribution in [1.82, 2.24) is 0 Å². The second-order valence-corrected chi connectivity index (χ2v) is 3.52. The van der Waals surface area contributed by atoms with Crippen molar-refractivity contribution >= 4 is 0 Å². The van der Waals surface area contributed by atoms with E-state index in [0.717, 1.165) is 11.3 Å². The van der Waals surface area contributed by atoms with Crippen LogP contribution in [0.15, 0.2) is 48.5 Å². The van der Waals surface area contributed by atoms with Crippen LogP contribution in [0.2, 0.25) is 0 Å². The Hall–Kier alpha value is -1.76. The first-order chi connectivity index (χ1) is 9.33. The predicted molar refractivity (Wildman–Crippen MR) is 85.9 cm³/mol. The molecule has 0 N–H and O–H groups in total. The van der Waals surface area contributed by atoms with Crippen LogP contribution in [0, 0.1) is 6.92 Å². The van der Waals surface area contributed by atoms with Crippen LogP contribution >= 0.6 is 0 Å². The topological polar surface area (TPSA) is 9.23 Å². The van der Waals surface area contributed by atoms with Gasteiger partial charge in [-0.2, -0.15) is 0 Å². The molecule has 0 aromatic heterocycles. The van der Waals surface area contributed by atoms with Gasteiger partial charge in [0.2, 0.25) is 0 Å². The molecule has 2 rings (SSSR count). The molecule has 19 heavy (non-hydrogen) atoms. The first-order valence-electron chi connectivity index (χ1n) is 7.02. The van der Waals surface area contributed by atoms with Crippen molar-refractivity contribution in [3.05, 3.63) is 54.1 Å². The van der Waals surface area contributed by atoms with Gasteiger partial charge in [-0.25, -0.2) is 0 Å². The number of aryl methyl sites for hydroxylation is 1. The Balaban J connectivity index is 0.000000741. The first kappa shape index (κ1) is 17.2. The number of para-hydroxylation sites is 1. The average molecular weight is 258 g/mol. The summed E-state index contributed by atoms with van der Waals surface area (Å²) in [7, 11) is 1.71. The summed E-state index contributed by atoms with van der Waals surface area (Å²) in [6.07, 6.45) is 0. The van der Waals surface area contributed by atoms with Crippen LogP contribution in [0.5, 0.6) is 5.75 Å². The molecule has 0 unspecified atom stereocenters. The van der Waals surface area contributed by atoms with Crippen molar-refractivity contribution < 1.29 is 4.74 Å². The summed E-state index contributed by atoms with van der Waals surface area (Å²) in [4.78, 5) is 0. The van der Waals surface area contributed by atoms with E-state index in [1.807, 2.05) is 52.0 Å². The van der Waals surface area contributed by atoms with Crippen LogP contribution in [0.4, 0.5) is 0 Å². The molecular formula is C18H26O. The molecule has 104 valence electrons. The van der Waals surface area contributed by atoms with Crippen LogP contribution in [-0.4, -0.2) is 7.11 Å². The van der Waals surface area contributed by atoms with Crippen molar-refractivity contribution in [3.63, 3.8) is 0 Å². The molecule has 0 heterocycles. The lowest BCUT2D eigenvalue weighted by Gasteiger charge is -2.10. The summed E-state index contributed by atoms with van der Waals surface area (Å²) in [6, 6.07) is 16.4. The van der Waals surface area contributed by atoms with E-state index in [1.165, 1.54) is 11.1 Å². The molecule has 0 bridgehead atoms. The second kappa shape index (κ2) is 10.2. The van der Waals surface area contributed by atoms with Crippen LogP contribution < -0.4 is 4.74 Å². The number of hydrogen-bond acceptors (Lipinski definition) is 1. The molecule has 0 saturated heterocycles. The van der Waals surface area contributed by atoms with Crippen LogP contribution in [-0.2, 0) is 0 Å². The van der Waals surface area contributed by atoms with Gasteiger partial charge in [0.05, 0.1) is 7.11 Å². The van der Waals surface area contributed by atoms with Gasteiger partial charge in [0.1, 0.15) is 5.75 Å². The van der Waals surface area contributed by atoms with E-state index in [0.29, 0.717) is 0 Å². The Kier molecular flexibility index (Phi) is 9.25. The summed E-state index contributed by atoms with van der Waals surface area (Å²) in [5.41, 5.74) is 3.65. The lowest BCUT2D eigenvalue weighted by Crippen LogP contribution is -1.88. The molecule has 2 aromatic carbocycles. The highest BCUT2D eigenvalue weighted by Crippen LogP contribution is 2.31. The lowest BCUT2D eigenvalue weighted by molar-refractivity contribution is 0.416. The molecule has 0 amide bonds. The van der Waals surface area contributed by atoms with E-state index >= 15 is 0 Å². The van der Waals surface area contributed by atoms with Gasteiger partial charge in [0.25, 0.3) is 0 Å². The standard InChI is InChI=1S/C14H14O.2C2H6/c1-11-7-3-4-8-12(11)13-9-5-6-10-14(13)15-2;2*1-2/h3-10H,1-2H3;2*1-2H3. The summed E-state index contributed by atoms with van der Waals surface area (Å²) >= 11 is 0. The maximum absolute atomic E-state index is 5.35. The maximum Gasteiger partial charge on any atom is 0.126 e. The molecular weight excluding hydrogens is 232 g/mol. The van der Waals surface area contributed by atoms with E-state index in [2.05, 4.69) is 31.2 Å². The smallest absolute Gasteiger partial charge is 0.126 e. The molecule has 2 aromatic rings. The van der Waals surface area contributed by atoms with Gasteiger partial charge in [0, 0.05) is 5.56 Å². The SMILES string of the molecule is CC.CC.COc1ccccc1-c1ccccc1C. The Morgan fingerprint density at radius 1 is 0.684 bits per heavy atom. The predicted octanol–water partition coefficient (Wildman–Crippen LogP) is 5.72. The highest BCUT2D eigenvalue weighted by atomic mass is 16.5. The highest BCUT2D eigenvalue weighted by molar-refractivity contribution is 5.73. The van der Waals surface area contributed by atoms with E-state index in [1.54, 1.807) is 7.11 Å². The molecule has 0 spiro atoms. The Morgan fingerprint density at radius 2 is 1.16 bits per heavy atom. The summed E-state index contributed by atoms with van der Waals surface area (Å²) in [6.45, 7) is 10.1. The minimum Gasteiger partial charge on any atom is -0.496 e. The number of rotatable bonds is 2. The number of ether oxygens (including phenoxy) is 1. The largest absolute Gasteiger partial charge is 0.496 e. The number of methoxy groups -OCH3 is 1. The normalized spacial score (nSPS) is 8.53. The minimum atomic E-state index is 0.923. The third-order valence-corrected chi connectivity index (χ3v) is 2.54. The number of benzene rings is 2. The third-order valence-electron chi connectivity index (χ3n) is 2.54. The van der Waals surface area contributed by atoms with E-state index in [9.17, 15) is 0 Å². The van der Waals surface area contributed by atoms with Crippen molar-refractivity contribution in [3.8, 4) is 16.9 Å². The first-order valence-corrected chi connectivity index (χ1v) is 7.02. The fraction of sp³-hybridized carbons (Fsp3) is 0.333. The lowest BCUT2D eigenvalue weighted by atomic mass is 10.00. The third kappa shape index (κ3) is 4.78. The maximum atomic E-state index is 5.35. The molecule has 0 aliphatic rings. The van der Waals surface area contributed by atoms with Gasteiger partial charge in [0.15, 0.2) is 0 Å². The molecule has 0 radical (unpaired) electrons. The number of hydrogen-bond donors (Lipinski definition) is 0. The molecule has 1 nitrogen and oxygen atoms in total.